The third kappa shape index (κ3) is 4.23. The molecule has 0 unspecified atom stereocenters. The second-order valence-corrected chi connectivity index (χ2v) is 7.93. The van der Waals surface area contributed by atoms with Crippen LogP contribution in [0.5, 0.6) is 0 Å². The van der Waals surface area contributed by atoms with Gasteiger partial charge in [0.25, 0.3) is 5.91 Å². The number of hydrogen-bond acceptors (Lipinski definition) is 3. The molecule has 0 saturated carbocycles. The number of hydrogen-bond donors (Lipinski definition) is 1. The first-order valence-corrected chi connectivity index (χ1v) is 9.40. The van der Waals surface area contributed by atoms with Crippen molar-refractivity contribution in [1.29, 1.82) is 0 Å². The zero-order valence-corrected chi connectivity index (χ0v) is 15.3. The number of nitrogens with zero attached hydrogens (tertiary/aromatic N) is 1. The van der Waals surface area contributed by atoms with E-state index in [1.165, 1.54) is 0 Å². The van der Waals surface area contributed by atoms with Crippen molar-refractivity contribution in [2.45, 2.75) is 36.8 Å². The van der Waals surface area contributed by atoms with E-state index in [0.29, 0.717) is 17.2 Å². The number of carbonyl (C=O) groups excluding carboxylic acids is 2. The van der Waals surface area contributed by atoms with Gasteiger partial charge in [0, 0.05) is 34.5 Å². The van der Waals surface area contributed by atoms with E-state index >= 15 is 0 Å². The van der Waals surface area contributed by atoms with Crippen LogP contribution in [0, 0.1) is 0 Å². The Morgan fingerprint density at radius 2 is 1.84 bits per heavy atom. The Kier molecular flexibility index (Phi) is 5.43. The van der Waals surface area contributed by atoms with Crippen LogP contribution in [0.25, 0.3) is 0 Å². The Bertz CT molecular complexity index is 772. The first-order chi connectivity index (χ1) is 12.0. The van der Waals surface area contributed by atoms with E-state index in [-0.39, 0.29) is 11.8 Å². The fourth-order valence-corrected chi connectivity index (χ4v) is 3.81. The van der Waals surface area contributed by atoms with Crippen LogP contribution in [0.15, 0.2) is 53.4 Å². The van der Waals surface area contributed by atoms with E-state index in [4.69, 9.17) is 0 Å². The molecule has 4 nitrogen and oxygen atoms in total. The Morgan fingerprint density at radius 3 is 2.48 bits per heavy atom. The highest BCUT2D eigenvalue weighted by Crippen LogP contribution is 2.28. The van der Waals surface area contributed by atoms with E-state index in [1.807, 2.05) is 48.5 Å². The molecule has 5 heteroatoms. The van der Waals surface area contributed by atoms with Crippen LogP contribution in [0.1, 0.15) is 37.0 Å². The van der Waals surface area contributed by atoms with Crippen molar-refractivity contribution in [3.05, 3.63) is 54.1 Å². The Hall–Kier alpha value is -2.27. The summed E-state index contributed by atoms with van der Waals surface area (Å²) < 4.78 is 0. The summed E-state index contributed by atoms with van der Waals surface area (Å²) in [4.78, 5) is 27.2. The molecule has 0 aromatic heterocycles. The van der Waals surface area contributed by atoms with Crippen molar-refractivity contribution in [1.82, 2.24) is 0 Å². The standard InChI is InChI=1S/C20H22N2O2S/c1-14(2)25-18-7-4-3-6-17(18)20(24)21-15-9-11-16(12-10-15)22-13-5-8-19(22)23/h3-4,6-7,9-12,14H,5,8,13H2,1-2H3,(H,21,24). The normalized spacial score (nSPS) is 14.2. The second-order valence-electron chi connectivity index (χ2n) is 6.31. The molecule has 1 aliphatic heterocycles. The van der Waals surface area contributed by atoms with E-state index in [1.54, 1.807) is 16.7 Å². The first kappa shape index (κ1) is 17.5. The molecule has 2 aromatic rings. The number of anilines is 2. The average Bonchev–Trinajstić information content (AvgIpc) is 3.01. The summed E-state index contributed by atoms with van der Waals surface area (Å²) in [6, 6.07) is 15.1. The molecule has 1 N–H and O–H groups in total. The third-order valence-electron chi connectivity index (χ3n) is 4.00. The van der Waals surface area contributed by atoms with Gasteiger partial charge >= 0.3 is 0 Å². The minimum Gasteiger partial charge on any atom is -0.322 e. The molecule has 25 heavy (non-hydrogen) atoms. The molecule has 0 radical (unpaired) electrons. The lowest BCUT2D eigenvalue weighted by Gasteiger charge is -2.16. The van der Waals surface area contributed by atoms with Crippen LogP contribution < -0.4 is 10.2 Å². The molecular weight excluding hydrogens is 332 g/mol. The molecular formula is C20H22N2O2S. The van der Waals surface area contributed by atoms with Crippen molar-refractivity contribution >= 4 is 35.0 Å². The van der Waals surface area contributed by atoms with Crippen LogP contribution in [0.3, 0.4) is 0 Å². The van der Waals surface area contributed by atoms with E-state index in [0.717, 1.165) is 29.2 Å². The molecule has 2 aromatic carbocycles. The molecule has 0 atom stereocenters. The maximum absolute atomic E-state index is 12.6. The number of benzene rings is 2. The van der Waals surface area contributed by atoms with Gasteiger partial charge in [-0.15, -0.1) is 11.8 Å². The largest absolute Gasteiger partial charge is 0.322 e. The molecule has 1 aliphatic rings. The topological polar surface area (TPSA) is 49.4 Å². The predicted molar refractivity (Wildman–Crippen MR) is 103 cm³/mol. The number of nitrogens with one attached hydrogen (secondary N) is 1. The zero-order chi connectivity index (χ0) is 17.8. The first-order valence-electron chi connectivity index (χ1n) is 8.52. The molecule has 0 aliphatic carbocycles. The zero-order valence-electron chi connectivity index (χ0n) is 14.5. The number of rotatable bonds is 5. The quantitative estimate of drug-likeness (QED) is 0.801. The van der Waals surface area contributed by atoms with Gasteiger partial charge in [-0.25, -0.2) is 0 Å². The van der Waals surface area contributed by atoms with Gasteiger partial charge < -0.3 is 10.2 Å². The molecule has 2 amide bonds. The third-order valence-corrected chi connectivity index (χ3v) is 5.09. The van der Waals surface area contributed by atoms with Crippen molar-refractivity contribution in [3.8, 4) is 0 Å². The molecule has 1 heterocycles. The average molecular weight is 354 g/mol. The number of thioether (sulfide) groups is 1. The lowest BCUT2D eigenvalue weighted by atomic mass is 10.2. The van der Waals surface area contributed by atoms with Gasteiger partial charge in [-0.2, -0.15) is 0 Å². The van der Waals surface area contributed by atoms with E-state index in [9.17, 15) is 9.59 Å². The summed E-state index contributed by atoms with van der Waals surface area (Å²) in [7, 11) is 0. The van der Waals surface area contributed by atoms with E-state index in [2.05, 4.69) is 19.2 Å². The van der Waals surface area contributed by atoms with Crippen LogP contribution in [-0.2, 0) is 4.79 Å². The fraction of sp³-hybridized carbons (Fsp3) is 0.300. The molecule has 0 bridgehead atoms. The van der Waals surface area contributed by atoms with Gasteiger partial charge in [0.1, 0.15) is 0 Å². The minimum atomic E-state index is -0.117. The van der Waals surface area contributed by atoms with Gasteiger partial charge in [0.05, 0.1) is 5.56 Å². The van der Waals surface area contributed by atoms with Gasteiger partial charge in [-0.3, -0.25) is 9.59 Å². The smallest absolute Gasteiger partial charge is 0.256 e. The Balaban J connectivity index is 1.72. The lowest BCUT2D eigenvalue weighted by Crippen LogP contribution is -2.23. The maximum Gasteiger partial charge on any atom is 0.256 e. The van der Waals surface area contributed by atoms with Crippen LogP contribution >= 0.6 is 11.8 Å². The van der Waals surface area contributed by atoms with Crippen molar-refractivity contribution in [3.63, 3.8) is 0 Å². The summed E-state index contributed by atoms with van der Waals surface area (Å²) in [6.07, 6.45) is 1.52. The number of carbonyl (C=O) groups is 2. The fourth-order valence-electron chi connectivity index (χ4n) is 2.86. The summed E-state index contributed by atoms with van der Waals surface area (Å²) >= 11 is 1.68. The van der Waals surface area contributed by atoms with E-state index < -0.39 is 0 Å². The summed E-state index contributed by atoms with van der Waals surface area (Å²) in [5.41, 5.74) is 2.29. The van der Waals surface area contributed by atoms with Gasteiger partial charge in [0.2, 0.25) is 5.91 Å². The Labute approximate surface area is 152 Å². The van der Waals surface area contributed by atoms with Gasteiger partial charge in [0.15, 0.2) is 0 Å². The SMILES string of the molecule is CC(C)Sc1ccccc1C(=O)Nc1ccc(N2CCCC2=O)cc1. The predicted octanol–water partition coefficient (Wildman–Crippen LogP) is 4.57. The lowest BCUT2D eigenvalue weighted by molar-refractivity contribution is -0.117. The van der Waals surface area contributed by atoms with Crippen LogP contribution in [0.2, 0.25) is 0 Å². The summed E-state index contributed by atoms with van der Waals surface area (Å²) in [5, 5.41) is 3.35. The van der Waals surface area contributed by atoms with Crippen molar-refractivity contribution in [2.24, 2.45) is 0 Å². The minimum absolute atomic E-state index is 0.117. The second kappa shape index (κ2) is 7.74. The highest BCUT2D eigenvalue weighted by Gasteiger charge is 2.21. The molecule has 0 spiro atoms. The van der Waals surface area contributed by atoms with Crippen LogP contribution in [0.4, 0.5) is 11.4 Å². The molecule has 3 rings (SSSR count). The Morgan fingerprint density at radius 1 is 1.12 bits per heavy atom. The van der Waals surface area contributed by atoms with Crippen molar-refractivity contribution < 1.29 is 9.59 Å². The molecule has 130 valence electrons. The van der Waals surface area contributed by atoms with Gasteiger partial charge in [-0.05, 0) is 42.8 Å². The monoisotopic (exact) mass is 354 g/mol. The summed E-state index contributed by atoms with van der Waals surface area (Å²) in [6.45, 7) is 4.99. The highest BCUT2D eigenvalue weighted by molar-refractivity contribution is 8.00. The van der Waals surface area contributed by atoms with Gasteiger partial charge in [-0.1, -0.05) is 26.0 Å². The molecule has 1 saturated heterocycles. The summed E-state index contributed by atoms with van der Waals surface area (Å²) in [5.74, 6) is 0.0465. The maximum atomic E-state index is 12.6. The molecule has 1 fully saturated rings. The highest BCUT2D eigenvalue weighted by atomic mass is 32.2. The van der Waals surface area contributed by atoms with Crippen molar-refractivity contribution in [2.75, 3.05) is 16.8 Å². The number of amides is 2. The van der Waals surface area contributed by atoms with Crippen LogP contribution in [-0.4, -0.2) is 23.6 Å².